The van der Waals surface area contributed by atoms with Crippen LogP contribution >= 0.6 is 22.9 Å². The van der Waals surface area contributed by atoms with Gasteiger partial charge < -0.3 is 4.74 Å². The maximum Gasteiger partial charge on any atom is 0.243 e. The fourth-order valence-corrected chi connectivity index (χ4v) is 5.08. The summed E-state index contributed by atoms with van der Waals surface area (Å²) >= 11 is 7.93. The van der Waals surface area contributed by atoms with Crippen LogP contribution in [0.4, 0.5) is 0 Å². The van der Waals surface area contributed by atoms with E-state index in [0.29, 0.717) is 0 Å². The summed E-state index contributed by atoms with van der Waals surface area (Å²) in [5.41, 5.74) is 2.23. The topological polar surface area (TPSA) is 47.4 Å². The van der Waals surface area contributed by atoms with Gasteiger partial charge in [0.25, 0.3) is 0 Å². The molecule has 0 radical (unpaired) electrons. The molecule has 1 fully saturated rings. The lowest BCUT2D eigenvalue weighted by atomic mass is 9.82. The number of piperidine rings is 1. The number of thiophene rings is 1. The highest BCUT2D eigenvalue weighted by Crippen LogP contribution is 2.45. The van der Waals surface area contributed by atoms with Crippen LogP contribution in [0.25, 0.3) is 0 Å². The minimum absolute atomic E-state index is 0.0590. The predicted molar refractivity (Wildman–Crippen MR) is 93.7 cm³/mol. The molecule has 0 N–H and O–H groups in total. The van der Waals surface area contributed by atoms with E-state index in [1.54, 1.807) is 17.5 Å². The zero-order valence-corrected chi connectivity index (χ0v) is 15.2. The molecule has 2 aliphatic heterocycles. The first-order valence-electron chi connectivity index (χ1n) is 8.25. The van der Waals surface area contributed by atoms with Gasteiger partial charge in [-0.2, -0.15) is 5.10 Å². The molecule has 0 atom stereocenters. The third-order valence-electron chi connectivity index (χ3n) is 5.01. The maximum absolute atomic E-state index is 11.3. The van der Waals surface area contributed by atoms with Gasteiger partial charge in [0.1, 0.15) is 0 Å². The van der Waals surface area contributed by atoms with Gasteiger partial charge in [0.15, 0.2) is 0 Å². The quantitative estimate of drug-likeness (QED) is 0.819. The standard InChI is InChI=1S/C17H20ClN3O2S/c1-12(22)21-11-13(9-19-21)10-20-5-3-17(4-6-20)14-8-16(18)24-15(14)2-7-23-17/h8-9,11H,2-7,10H2,1H3. The Balaban J connectivity index is 1.44. The number of hydrogen-bond donors (Lipinski definition) is 0. The normalized spacial score (nSPS) is 20.2. The molecule has 24 heavy (non-hydrogen) atoms. The van der Waals surface area contributed by atoms with Crippen LogP contribution in [-0.4, -0.2) is 40.3 Å². The Morgan fingerprint density at radius 3 is 2.96 bits per heavy atom. The van der Waals surface area contributed by atoms with Crippen LogP contribution in [0, 0.1) is 0 Å². The van der Waals surface area contributed by atoms with E-state index in [9.17, 15) is 4.79 Å². The fourth-order valence-electron chi connectivity index (χ4n) is 3.74. The van der Waals surface area contributed by atoms with Crippen LogP contribution in [0.5, 0.6) is 0 Å². The molecule has 0 unspecified atom stereocenters. The molecule has 0 saturated carbocycles. The maximum atomic E-state index is 11.3. The van der Waals surface area contributed by atoms with Gasteiger partial charge in [-0.25, -0.2) is 4.68 Å². The molecule has 4 rings (SSSR count). The SMILES string of the molecule is CC(=O)n1cc(CN2CCC3(CC2)OCCc2sc(Cl)cc23)cn1. The van der Waals surface area contributed by atoms with Gasteiger partial charge in [0.2, 0.25) is 5.91 Å². The third-order valence-corrected chi connectivity index (χ3v) is 6.33. The van der Waals surface area contributed by atoms with Crippen molar-refractivity contribution in [2.24, 2.45) is 0 Å². The Hall–Kier alpha value is -1.21. The number of hydrogen-bond acceptors (Lipinski definition) is 5. The molecule has 128 valence electrons. The van der Waals surface area contributed by atoms with Gasteiger partial charge >= 0.3 is 0 Å². The van der Waals surface area contributed by atoms with Gasteiger partial charge in [0.05, 0.1) is 22.7 Å². The van der Waals surface area contributed by atoms with E-state index in [1.165, 1.54) is 22.0 Å². The average Bonchev–Trinajstić information content (AvgIpc) is 3.17. The first-order chi connectivity index (χ1) is 11.6. The molecule has 0 bridgehead atoms. The number of likely N-dealkylation sites (tertiary alicyclic amines) is 1. The highest BCUT2D eigenvalue weighted by atomic mass is 35.5. The van der Waals surface area contributed by atoms with Crippen molar-refractivity contribution in [2.45, 2.75) is 38.3 Å². The largest absolute Gasteiger partial charge is 0.370 e. The molecule has 4 heterocycles. The minimum atomic E-state index is -0.155. The second-order valence-electron chi connectivity index (χ2n) is 6.57. The molecule has 1 spiro atoms. The van der Waals surface area contributed by atoms with Crippen LogP contribution in [0.2, 0.25) is 4.34 Å². The lowest BCUT2D eigenvalue weighted by molar-refractivity contribution is -0.0980. The Bertz CT molecular complexity index is 762. The monoisotopic (exact) mass is 365 g/mol. The molecular weight excluding hydrogens is 346 g/mol. The van der Waals surface area contributed by atoms with E-state index in [1.807, 2.05) is 6.20 Å². The van der Waals surface area contributed by atoms with Crippen molar-refractivity contribution in [1.82, 2.24) is 14.7 Å². The lowest BCUT2D eigenvalue weighted by Crippen LogP contribution is -2.45. The van der Waals surface area contributed by atoms with Crippen molar-refractivity contribution in [3.05, 3.63) is 38.8 Å². The molecule has 1 saturated heterocycles. The summed E-state index contributed by atoms with van der Waals surface area (Å²) in [6, 6.07) is 2.10. The molecule has 5 nitrogen and oxygen atoms in total. The Kier molecular flexibility index (Phi) is 4.24. The van der Waals surface area contributed by atoms with Crippen LogP contribution in [0.3, 0.4) is 0 Å². The van der Waals surface area contributed by atoms with Crippen LogP contribution in [0.15, 0.2) is 18.5 Å². The lowest BCUT2D eigenvalue weighted by Gasteiger charge is -2.44. The number of nitrogens with zero attached hydrogens (tertiary/aromatic N) is 3. The molecule has 0 aromatic carbocycles. The van der Waals surface area contributed by atoms with E-state index in [-0.39, 0.29) is 11.5 Å². The molecule has 7 heteroatoms. The van der Waals surface area contributed by atoms with Crippen LogP contribution in [-0.2, 0) is 23.3 Å². The molecule has 0 amide bonds. The smallest absolute Gasteiger partial charge is 0.243 e. The fraction of sp³-hybridized carbons (Fsp3) is 0.529. The first kappa shape index (κ1) is 16.3. The molecular formula is C17H20ClN3O2S. The Morgan fingerprint density at radius 2 is 2.25 bits per heavy atom. The van der Waals surface area contributed by atoms with E-state index >= 15 is 0 Å². The number of halogens is 1. The van der Waals surface area contributed by atoms with Crippen molar-refractivity contribution in [3.8, 4) is 0 Å². The molecule has 2 aromatic rings. The highest BCUT2D eigenvalue weighted by molar-refractivity contribution is 7.16. The summed E-state index contributed by atoms with van der Waals surface area (Å²) < 4.78 is 8.50. The van der Waals surface area contributed by atoms with Crippen molar-refractivity contribution in [1.29, 1.82) is 0 Å². The number of aromatic nitrogens is 2. The Morgan fingerprint density at radius 1 is 1.46 bits per heavy atom. The number of fused-ring (bicyclic) bond motifs is 2. The molecule has 2 aliphatic rings. The van der Waals surface area contributed by atoms with Crippen molar-refractivity contribution >= 4 is 28.8 Å². The summed E-state index contributed by atoms with van der Waals surface area (Å²) in [6.07, 6.45) is 6.53. The molecule has 0 aliphatic carbocycles. The molecule has 2 aromatic heterocycles. The zero-order valence-electron chi connectivity index (χ0n) is 13.6. The summed E-state index contributed by atoms with van der Waals surface area (Å²) in [5, 5.41) is 4.10. The van der Waals surface area contributed by atoms with Gasteiger partial charge in [-0.1, -0.05) is 11.6 Å². The third kappa shape index (κ3) is 2.92. The van der Waals surface area contributed by atoms with Gasteiger partial charge in [0, 0.05) is 49.6 Å². The second kappa shape index (κ2) is 6.26. The number of ether oxygens (including phenoxy) is 1. The average molecular weight is 366 g/mol. The van der Waals surface area contributed by atoms with E-state index in [4.69, 9.17) is 16.3 Å². The van der Waals surface area contributed by atoms with Crippen LogP contribution in [0.1, 0.15) is 40.6 Å². The highest BCUT2D eigenvalue weighted by Gasteiger charge is 2.41. The summed E-state index contributed by atoms with van der Waals surface area (Å²) in [5.74, 6) is -0.0590. The predicted octanol–water partition coefficient (Wildman–Crippen LogP) is 3.32. The number of rotatable bonds is 2. The van der Waals surface area contributed by atoms with Crippen molar-refractivity contribution < 1.29 is 9.53 Å². The van der Waals surface area contributed by atoms with Gasteiger partial charge in [-0.15, -0.1) is 11.3 Å². The number of carbonyl (C=O) groups excluding carboxylic acids is 1. The van der Waals surface area contributed by atoms with E-state index in [0.717, 1.165) is 55.4 Å². The van der Waals surface area contributed by atoms with Gasteiger partial charge in [-0.05, 0) is 24.5 Å². The summed E-state index contributed by atoms with van der Waals surface area (Å²) in [7, 11) is 0. The zero-order chi connectivity index (χ0) is 16.7. The van der Waals surface area contributed by atoms with Gasteiger partial charge in [-0.3, -0.25) is 9.69 Å². The van der Waals surface area contributed by atoms with E-state index in [2.05, 4.69) is 16.1 Å². The van der Waals surface area contributed by atoms with E-state index < -0.39 is 0 Å². The van der Waals surface area contributed by atoms with Crippen molar-refractivity contribution in [2.75, 3.05) is 19.7 Å². The second-order valence-corrected chi connectivity index (χ2v) is 8.34. The summed E-state index contributed by atoms with van der Waals surface area (Å²) in [4.78, 5) is 15.1. The van der Waals surface area contributed by atoms with Crippen molar-refractivity contribution in [3.63, 3.8) is 0 Å². The number of carbonyl (C=O) groups is 1. The van der Waals surface area contributed by atoms with Crippen LogP contribution < -0.4 is 0 Å². The Labute approximate surface area is 150 Å². The first-order valence-corrected chi connectivity index (χ1v) is 9.45. The minimum Gasteiger partial charge on any atom is -0.370 e. The summed E-state index contributed by atoms with van der Waals surface area (Å²) in [6.45, 7) is 5.07.